The lowest BCUT2D eigenvalue weighted by molar-refractivity contribution is 0.0932. The Bertz CT molecular complexity index is 983. The minimum absolute atomic E-state index is 0.193. The van der Waals surface area contributed by atoms with E-state index in [-0.39, 0.29) is 12.1 Å². The van der Waals surface area contributed by atoms with Gasteiger partial charge in [-0.1, -0.05) is 44.0 Å². The monoisotopic (exact) mass is 476 g/mol. The third-order valence-corrected chi connectivity index (χ3v) is 5.74. The normalized spacial score (nSPS) is 16.6. The molecule has 1 unspecified atom stereocenters. The highest BCUT2D eigenvalue weighted by Crippen LogP contribution is 2.39. The van der Waals surface area contributed by atoms with Crippen LogP contribution in [-0.2, 0) is 11.2 Å². The van der Waals surface area contributed by atoms with Gasteiger partial charge in [0.1, 0.15) is 6.04 Å². The van der Waals surface area contributed by atoms with Gasteiger partial charge >= 0.3 is 6.09 Å². The van der Waals surface area contributed by atoms with Crippen LogP contribution in [0.4, 0.5) is 4.79 Å². The van der Waals surface area contributed by atoms with Crippen LogP contribution in [0.25, 0.3) is 10.9 Å². The van der Waals surface area contributed by atoms with Crippen molar-refractivity contribution in [3.05, 3.63) is 68.2 Å². The molecule has 1 atom stereocenters. The summed E-state index contributed by atoms with van der Waals surface area (Å²) >= 11 is 7.12. The molecular formula is C20H18Br2N2O2. The van der Waals surface area contributed by atoms with Gasteiger partial charge < -0.3 is 9.72 Å². The fraction of sp³-hybridized carbons (Fsp3) is 0.250. The van der Waals surface area contributed by atoms with Crippen molar-refractivity contribution in [2.24, 2.45) is 0 Å². The predicted octanol–water partition coefficient (Wildman–Crippen LogP) is 5.80. The summed E-state index contributed by atoms with van der Waals surface area (Å²) in [5.74, 6) is 0. The van der Waals surface area contributed by atoms with Gasteiger partial charge in [0.15, 0.2) is 0 Å². The molecule has 3 aromatic rings. The first-order valence-corrected chi connectivity index (χ1v) is 10.2. The summed E-state index contributed by atoms with van der Waals surface area (Å²) in [5.41, 5.74) is 4.48. The average molecular weight is 478 g/mol. The van der Waals surface area contributed by atoms with Crippen LogP contribution < -0.4 is 0 Å². The topological polar surface area (TPSA) is 45.3 Å². The number of aromatic amines is 1. The molecule has 1 aliphatic rings. The van der Waals surface area contributed by atoms with Crippen molar-refractivity contribution in [1.82, 2.24) is 9.88 Å². The van der Waals surface area contributed by atoms with E-state index in [1.54, 1.807) is 0 Å². The second kappa shape index (κ2) is 7.08. The summed E-state index contributed by atoms with van der Waals surface area (Å²) in [4.78, 5) is 18.0. The molecule has 2 aromatic carbocycles. The lowest BCUT2D eigenvalue weighted by Gasteiger charge is -2.35. The summed E-state index contributed by atoms with van der Waals surface area (Å²) in [5, 5.41) is 1.21. The Labute approximate surface area is 168 Å². The van der Waals surface area contributed by atoms with Gasteiger partial charge in [-0.3, -0.25) is 4.90 Å². The standard InChI is InChI=1S/C20H18Br2N2O2/c1-2-26-20(25)24-9-8-15-16-11-14(22)6-7-17(16)23-18(15)19(24)12-4-3-5-13(21)10-12/h3-7,10-11,19,23H,2,8-9H2,1H3. The minimum atomic E-state index is -0.275. The third kappa shape index (κ3) is 3.05. The molecular weight excluding hydrogens is 460 g/mol. The van der Waals surface area contributed by atoms with Crippen molar-refractivity contribution < 1.29 is 9.53 Å². The largest absolute Gasteiger partial charge is 0.450 e. The highest BCUT2D eigenvalue weighted by Gasteiger charge is 2.35. The summed E-state index contributed by atoms with van der Waals surface area (Å²) < 4.78 is 7.37. The van der Waals surface area contributed by atoms with E-state index in [0.29, 0.717) is 13.2 Å². The van der Waals surface area contributed by atoms with Crippen molar-refractivity contribution in [3.8, 4) is 0 Å². The number of amides is 1. The predicted molar refractivity (Wildman–Crippen MR) is 109 cm³/mol. The number of aromatic nitrogens is 1. The third-order valence-electron chi connectivity index (χ3n) is 4.76. The van der Waals surface area contributed by atoms with Gasteiger partial charge in [0, 0.05) is 32.1 Å². The molecule has 2 heterocycles. The molecule has 134 valence electrons. The number of hydrogen-bond donors (Lipinski definition) is 1. The van der Waals surface area contributed by atoms with Crippen LogP contribution in [-0.4, -0.2) is 29.1 Å². The second-order valence-corrected chi connectivity index (χ2v) is 8.14. The Morgan fingerprint density at radius 1 is 1.23 bits per heavy atom. The van der Waals surface area contributed by atoms with Crippen molar-refractivity contribution in [1.29, 1.82) is 0 Å². The molecule has 1 amide bonds. The minimum Gasteiger partial charge on any atom is -0.450 e. The molecule has 0 saturated carbocycles. The van der Waals surface area contributed by atoms with Crippen molar-refractivity contribution in [2.45, 2.75) is 19.4 Å². The van der Waals surface area contributed by atoms with Crippen LogP contribution >= 0.6 is 31.9 Å². The number of H-pyrrole nitrogens is 1. The first-order chi connectivity index (χ1) is 12.6. The Morgan fingerprint density at radius 3 is 2.81 bits per heavy atom. The van der Waals surface area contributed by atoms with Crippen LogP contribution in [0, 0.1) is 0 Å². The molecule has 26 heavy (non-hydrogen) atoms. The molecule has 0 spiro atoms. The maximum atomic E-state index is 12.6. The van der Waals surface area contributed by atoms with Crippen molar-refractivity contribution in [2.75, 3.05) is 13.2 Å². The van der Waals surface area contributed by atoms with Crippen LogP contribution in [0.3, 0.4) is 0 Å². The zero-order valence-corrected chi connectivity index (χ0v) is 17.4. The number of hydrogen-bond acceptors (Lipinski definition) is 2. The summed E-state index contributed by atoms with van der Waals surface area (Å²) in [6.07, 6.45) is 0.526. The summed E-state index contributed by atoms with van der Waals surface area (Å²) in [6.45, 7) is 2.83. The molecule has 0 radical (unpaired) electrons. The molecule has 0 aliphatic carbocycles. The van der Waals surface area contributed by atoms with Crippen molar-refractivity contribution >= 4 is 48.9 Å². The van der Waals surface area contributed by atoms with Gasteiger partial charge in [-0.25, -0.2) is 4.79 Å². The first kappa shape index (κ1) is 17.6. The van der Waals surface area contributed by atoms with Gasteiger partial charge in [0.25, 0.3) is 0 Å². The van der Waals surface area contributed by atoms with Gasteiger partial charge in [0.05, 0.1) is 6.61 Å². The molecule has 0 fully saturated rings. The lowest BCUT2D eigenvalue weighted by Crippen LogP contribution is -2.41. The van der Waals surface area contributed by atoms with Crippen LogP contribution in [0.15, 0.2) is 51.4 Å². The smallest absolute Gasteiger partial charge is 0.410 e. The SMILES string of the molecule is CCOC(=O)N1CCc2c([nH]c3ccc(Br)cc23)C1c1cccc(Br)c1. The van der Waals surface area contributed by atoms with Gasteiger partial charge in [-0.2, -0.15) is 0 Å². The average Bonchev–Trinajstić information content (AvgIpc) is 2.99. The number of benzene rings is 2. The molecule has 4 nitrogen and oxygen atoms in total. The van der Waals surface area contributed by atoms with E-state index in [1.165, 1.54) is 10.9 Å². The van der Waals surface area contributed by atoms with E-state index in [0.717, 1.165) is 32.1 Å². The Balaban J connectivity index is 1.89. The molecule has 0 bridgehead atoms. The number of nitrogens with one attached hydrogen (secondary N) is 1. The zero-order valence-electron chi connectivity index (χ0n) is 14.3. The Morgan fingerprint density at radius 2 is 2.04 bits per heavy atom. The van der Waals surface area contributed by atoms with E-state index < -0.39 is 0 Å². The highest BCUT2D eigenvalue weighted by atomic mass is 79.9. The number of ether oxygens (including phenoxy) is 1. The van der Waals surface area contributed by atoms with Gasteiger partial charge in [-0.05, 0) is 54.8 Å². The second-order valence-electron chi connectivity index (χ2n) is 6.31. The van der Waals surface area contributed by atoms with Crippen LogP contribution in [0.1, 0.15) is 29.8 Å². The maximum absolute atomic E-state index is 12.6. The van der Waals surface area contributed by atoms with Crippen molar-refractivity contribution in [3.63, 3.8) is 0 Å². The molecule has 1 aliphatic heterocycles. The van der Waals surface area contributed by atoms with E-state index in [1.807, 2.05) is 30.0 Å². The first-order valence-electron chi connectivity index (χ1n) is 8.57. The fourth-order valence-electron chi connectivity index (χ4n) is 3.69. The van der Waals surface area contributed by atoms with E-state index in [9.17, 15) is 4.79 Å². The van der Waals surface area contributed by atoms with E-state index in [2.05, 4.69) is 61.1 Å². The Kier molecular flexibility index (Phi) is 4.80. The van der Waals surface area contributed by atoms with Gasteiger partial charge in [0.2, 0.25) is 0 Å². The summed E-state index contributed by atoms with van der Waals surface area (Å²) in [6, 6.07) is 14.2. The summed E-state index contributed by atoms with van der Waals surface area (Å²) in [7, 11) is 0. The number of nitrogens with zero attached hydrogens (tertiary/aromatic N) is 1. The van der Waals surface area contributed by atoms with Gasteiger partial charge in [-0.15, -0.1) is 0 Å². The fourth-order valence-corrected chi connectivity index (χ4v) is 4.47. The number of carbonyl (C=O) groups is 1. The Hall–Kier alpha value is -1.79. The van der Waals surface area contributed by atoms with E-state index >= 15 is 0 Å². The van der Waals surface area contributed by atoms with Crippen LogP contribution in [0.5, 0.6) is 0 Å². The highest BCUT2D eigenvalue weighted by molar-refractivity contribution is 9.10. The van der Waals surface area contributed by atoms with Crippen LogP contribution in [0.2, 0.25) is 0 Å². The molecule has 6 heteroatoms. The number of halogens is 2. The molecule has 0 saturated heterocycles. The lowest BCUT2D eigenvalue weighted by atomic mass is 9.93. The molecule has 1 N–H and O–H groups in total. The molecule has 4 rings (SSSR count). The maximum Gasteiger partial charge on any atom is 0.410 e. The molecule has 1 aromatic heterocycles. The number of carbonyl (C=O) groups excluding carboxylic acids is 1. The number of fused-ring (bicyclic) bond motifs is 3. The number of rotatable bonds is 2. The quantitative estimate of drug-likeness (QED) is 0.507. The van der Waals surface area contributed by atoms with E-state index in [4.69, 9.17) is 4.74 Å². The zero-order chi connectivity index (χ0) is 18.3.